The summed E-state index contributed by atoms with van der Waals surface area (Å²) >= 11 is 11.8. The van der Waals surface area contributed by atoms with Gasteiger partial charge in [0.25, 0.3) is 0 Å². The summed E-state index contributed by atoms with van der Waals surface area (Å²) < 4.78 is 20.0. The van der Waals surface area contributed by atoms with Gasteiger partial charge >= 0.3 is 0 Å². The normalized spacial score (nSPS) is 18.6. The lowest BCUT2D eigenvalue weighted by Gasteiger charge is -2.12. The van der Waals surface area contributed by atoms with Gasteiger partial charge in [0.05, 0.1) is 33.1 Å². The standard InChI is InChI=1S/C21H17Cl2FN4O/c1-21(6-7-29-10-21)5-4-11-8-16-13(9-15(11)25)19(26)28-20(27-16)12-2-3-14(22)17(23)18(12)24/h2-3,8-9H,6-7,10,25H2,1H3,(H2,26,27,28). The first-order valence-electron chi connectivity index (χ1n) is 8.89. The van der Waals surface area contributed by atoms with Crippen LogP contribution in [-0.2, 0) is 4.74 Å². The van der Waals surface area contributed by atoms with Crippen LogP contribution in [0.1, 0.15) is 18.9 Å². The van der Waals surface area contributed by atoms with Crippen LogP contribution in [0.4, 0.5) is 15.9 Å². The number of hydrogen-bond donors (Lipinski definition) is 2. The number of nitrogen functional groups attached to an aromatic ring is 2. The molecule has 0 bridgehead atoms. The van der Waals surface area contributed by atoms with Gasteiger partial charge in [-0.2, -0.15) is 0 Å². The molecule has 1 saturated heterocycles. The lowest BCUT2D eigenvalue weighted by Crippen LogP contribution is -2.12. The fourth-order valence-corrected chi connectivity index (χ4v) is 3.44. The maximum Gasteiger partial charge on any atom is 0.165 e. The summed E-state index contributed by atoms with van der Waals surface area (Å²) in [5, 5.41) is 0.478. The Bertz CT molecular complexity index is 1200. The number of rotatable bonds is 1. The number of benzene rings is 2. The monoisotopic (exact) mass is 430 g/mol. The van der Waals surface area contributed by atoms with Crippen LogP contribution in [0.2, 0.25) is 10.0 Å². The number of aromatic nitrogens is 2. The smallest absolute Gasteiger partial charge is 0.165 e. The molecule has 148 valence electrons. The van der Waals surface area contributed by atoms with Gasteiger partial charge in [-0.3, -0.25) is 0 Å². The fourth-order valence-electron chi connectivity index (χ4n) is 3.13. The lowest BCUT2D eigenvalue weighted by molar-refractivity contribution is 0.177. The number of ether oxygens (including phenoxy) is 1. The Kier molecular flexibility index (Phi) is 4.99. The molecule has 8 heteroatoms. The highest BCUT2D eigenvalue weighted by atomic mass is 35.5. The quantitative estimate of drug-likeness (QED) is 0.332. The molecule has 4 N–H and O–H groups in total. The van der Waals surface area contributed by atoms with Gasteiger partial charge in [0.2, 0.25) is 0 Å². The Morgan fingerprint density at radius 3 is 2.72 bits per heavy atom. The predicted molar refractivity (Wildman–Crippen MR) is 114 cm³/mol. The Morgan fingerprint density at radius 2 is 2.00 bits per heavy atom. The maximum atomic E-state index is 14.6. The molecule has 2 aromatic carbocycles. The van der Waals surface area contributed by atoms with Crippen molar-refractivity contribution in [1.29, 1.82) is 0 Å². The zero-order chi connectivity index (χ0) is 20.8. The van der Waals surface area contributed by atoms with E-state index in [9.17, 15) is 4.39 Å². The molecule has 0 spiro atoms. The highest BCUT2D eigenvalue weighted by molar-refractivity contribution is 6.42. The minimum Gasteiger partial charge on any atom is -0.398 e. The summed E-state index contributed by atoms with van der Waals surface area (Å²) in [6, 6.07) is 6.35. The summed E-state index contributed by atoms with van der Waals surface area (Å²) in [6.45, 7) is 3.33. The first-order valence-corrected chi connectivity index (χ1v) is 9.64. The number of nitrogens with zero attached hydrogens (tertiary/aromatic N) is 2. The fraction of sp³-hybridized carbons (Fsp3) is 0.238. The summed E-state index contributed by atoms with van der Waals surface area (Å²) in [5.74, 6) is 5.94. The van der Waals surface area contributed by atoms with Crippen molar-refractivity contribution < 1.29 is 9.13 Å². The second kappa shape index (κ2) is 7.34. The van der Waals surface area contributed by atoms with Crippen molar-refractivity contribution in [1.82, 2.24) is 9.97 Å². The molecular formula is C21H17Cl2FN4O. The van der Waals surface area contributed by atoms with Crippen molar-refractivity contribution in [2.24, 2.45) is 5.41 Å². The summed E-state index contributed by atoms with van der Waals surface area (Å²) in [5.41, 5.74) is 13.7. The maximum absolute atomic E-state index is 14.6. The van der Waals surface area contributed by atoms with Gasteiger partial charge in [0.1, 0.15) is 5.82 Å². The number of hydrogen-bond acceptors (Lipinski definition) is 5. The molecule has 0 saturated carbocycles. The van der Waals surface area contributed by atoms with Crippen molar-refractivity contribution in [3.63, 3.8) is 0 Å². The minimum absolute atomic E-state index is 0.103. The molecule has 5 nitrogen and oxygen atoms in total. The van der Waals surface area contributed by atoms with Crippen LogP contribution in [0.3, 0.4) is 0 Å². The molecule has 1 aromatic heterocycles. The van der Waals surface area contributed by atoms with Crippen LogP contribution in [0.15, 0.2) is 24.3 Å². The van der Waals surface area contributed by atoms with E-state index in [4.69, 9.17) is 39.4 Å². The third kappa shape index (κ3) is 3.69. The zero-order valence-electron chi connectivity index (χ0n) is 15.5. The predicted octanol–water partition coefficient (Wildman–Crippen LogP) is 4.69. The van der Waals surface area contributed by atoms with Crippen LogP contribution in [0, 0.1) is 23.1 Å². The van der Waals surface area contributed by atoms with Gasteiger partial charge in [0.15, 0.2) is 11.6 Å². The number of fused-ring (bicyclic) bond motifs is 1. The van der Waals surface area contributed by atoms with E-state index < -0.39 is 5.82 Å². The third-order valence-electron chi connectivity index (χ3n) is 4.89. The molecule has 2 heterocycles. The van der Waals surface area contributed by atoms with E-state index >= 15 is 0 Å². The highest BCUT2D eigenvalue weighted by Gasteiger charge is 2.27. The molecule has 1 aliphatic rings. The Morgan fingerprint density at radius 1 is 1.21 bits per heavy atom. The van der Waals surface area contributed by atoms with Crippen molar-refractivity contribution in [3.05, 3.63) is 45.7 Å². The SMILES string of the molecule is CC1(C#Cc2cc3nc(-c4ccc(Cl)c(Cl)c4F)nc(N)c3cc2N)CCOC1. The van der Waals surface area contributed by atoms with Gasteiger partial charge < -0.3 is 16.2 Å². The third-order valence-corrected chi connectivity index (χ3v) is 5.67. The molecule has 3 aromatic rings. The van der Waals surface area contributed by atoms with Gasteiger partial charge in [-0.15, -0.1) is 0 Å². The molecule has 1 fully saturated rings. The Balaban J connectivity index is 1.84. The van der Waals surface area contributed by atoms with E-state index in [0.717, 1.165) is 6.42 Å². The van der Waals surface area contributed by atoms with E-state index in [1.165, 1.54) is 12.1 Å². The Labute approximate surface area is 177 Å². The molecule has 0 radical (unpaired) electrons. The molecule has 29 heavy (non-hydrogen) atoms. The Hall–Kier alpha value is -2.59. The molecule has 1 aliphatic heterocycles. The van der Waals surface area contributed by atoms with Crippen molar-refractivity contribution >= 4 is 45.6 Å². The number of halogens is 3. The van der Waals surface area contributed by atoms with E-state index in [-0.39, 0.29) is 32.7 Å². The minimum atomic E-state index is -0.706. The second-order valence-electron chi connectivity index (χ2n) is 7.23. The average Bonchev–Trinajstić information content (AvgIpc) is 3.12. The van der Waals surface area contributed by atoms with Crippen LogP contribution in [0.5, 0.6) is 0 Å². The van der Waals surface area contributed by atoms with E-state index in [2.05, 4.69) is 28.7 Å². The number of nitrogens with two attached hydrogens (primary N) is 2. The van der Waals surface area contributed by atoms with E-state index in [1.807, 2.05) is 0 Å². The van der Waals surface area contributed by atoms with Gasteiger partial charge in [-0.25, -0.2) is 14.4 Å². The zero-order valence-corrected chi connectivity index (χ0v) is 17.0. The lowest BCUT2D eigenvalue weighted by atomic mass is 9.90. The molecule has 4 rings (SSSR count). The molecule has 1 unspecified atom stereocenters. The summed E-state index contributed by atoms with van der Waals surface area (Å²) in [6.07, 6.45) is 0.864. The largest absolute Gasteiger partial charge is 0.398 e. The highest BCUT2D eigenvalue weighted by Crippen LogP contribution is 2.33. The van der Waals surface area contributed by atoms with Crippen molar-refractivity contribution in [3.8, 4) is 23.2 Å². The second-order valence-corrected chi connectivity index (χ2v) is 8.01. The first kappa shape index (κ1) is 19.7. The van der Waals surface area contributed by atoms with Gasteiger partial charge in [-0.1, -0.05) is 35.0 Å². The molecule has 0 amide bonds. The number of anilines is 2. The van der Waals surface area contributed by atoms with E-state index in [1.54, 1.807) is 12.1 Å². The van der Waals surface area contributed by atoms with Crippen LogP contribution < -0.4 is 11.5 Å². The van der Waals surface area contributed by atoms with Crippen molar-refractivity contribution in [2.75, 3.05) is 24.7 Å². The van der Waals surface area contributed by atoms with E-state index in [0.29, 0.717) is 35.4 Å². The van der Waals surface area contributed by atoms with Gasteiger partial charge in [-0.05, 0) is 37.6 Å². The topological polar surface area (TPSA) is 87.0 Å². The van der Waals surface area contributed by atoms with Crippen LogP contribution in [0.25, 0.3) is 22.3 Å². The molecular weight excluding hydrogens is 414 g/mol. The molecule has 1 atom stereocenters. The first-order chi connectivity index (χ1) is 13.8. The van der Waals surface area contributed by atoms with Crippen molar-refractivity contribution in [2.45, 2.75) is 13.3 Å². The summed E-state index contributed by atoms with van der Waals surface area (Å²) in [4.78, 5) is 8.67. The van der Waals surface area contributed by atoms with Crippen LogP contribution >= 0.6 is 23.2 Å². The molecule has 0 aliphatic carbocycles. The van der Waals surface area contributed by atoms with Crippen LogP contribution in [-0.4, -0.2) is 23.2 Å². The van der Waals surface area contributed by atoms with Gasteiger partial charge in [0, 0.05) is 23.2 Å². The summed E-state index contributed by atoms with van der Waals surface area (Å²) in [7, 11) is 0. The average molecular weight is 431 g/mol.